The molecule has 1 N–H and O–H groups in total. The van der Waals surface area contributed by atoms with E-state index in [1.54, 1.807) is 24.3 Å². The molecule has 0 aliphatic carbocycles. The maximum Gasteiger partial charge on any atom is 0.357 e. The molecule has 0 aliphatic rings. The quantitative estimate of drug-likeness (QED) is 0.807. The van der Waals surface area contributed by atoms with E-state index in [4.69, 9.17) is 0 Å². The molecule has 0 spiro atoms. The lowest BCUT2D eigenvalue weighted by atomic mass is 10.1. The Morgan fingerprint density at radius 2 is 1.83 bits per heavy atom. The average Bonchev–Trinajstić information content (AvgIpc) is 2.53. The molecule has 0 bridgehead atoms. The van der Waals surface area contributed by atoms with Gasteiger partial charge in [-0.3, -0.25) is 4.79 Å². The number of fused-ring (bicyclic) bond motifs is 1. The zero-order chi connectivity index (χ0) is 16.6. The number of carbonyl (C=O) groups is 1. The van der Waals surface area contributed by atoms with Gasteiger partial charge in [-0.2, -0.15) is 5.10 Å². The molecule has 0 fully saturated rings. The largest absolute Gasteiger partial charge is 0.476 e. The van der Waals surface area contributed by atoms with Gasteiger partial charge < -0.3 is 5.11 Å². The summed E-state index contributed by atoms with van der Waals surface area (Å²) in [6, 6.07) is 12.6. The van der Waals surface area contributed by atoms with Crippen LogP contribution in [-0.4, -0.2) is 20.9 Å². The summed E-state index contributed by atoms with van der Waals surface area (Å²) in [4.78, 5) is 24.1. The Labute approximate surface area is 132 Å². The number of nitrogens with zero attached hydrogens (tertiary/aromatic N) is 2. The summed E-state index contributed by atoms with van der Waals surface area (Å²) in [6.07, 6.45) is 0. The van der Waals surface area contributed by atoms with Gasteiger partial charge in [-0.1, -0.05) is 42.0 Å². The van der Waals surface area contributed by atoms with E-state index in [-0.39, 0.29) is 17.8 Å². The molecular formula is C18H16N2O3. The highest BCUT2D eigenvalue weighted by molar-refractivity contribution is 6.01. The van der Waals surface area contributed by atoms with Gasteiger partial charge in [0.15, 0.2) is 5.69 Å². The number of carboxylic acid groups (broad SMARTS) is 1. The van der Waals surface area contributed by atoms with Crippen LogP contribution in [0.3, 0.4) is 0 Å². The van der Waals surface area contributed by atoms with Gasteiger partial charge in [-0.25, -0.2) is 9.48 Å². The molecule has 0 atom stereocenters. The summed E-state index contributed by atoms with van der Waals surface area (Å²) in [5, 5.41) is 14.2. The van der Waals surface area contributed by atoms with Crippen LogP contribution in [0.15, 0.2) is 47.3 Å². The SMILES string of the molecule is Cc1ccc(C)c(Cn2nc(C(=O)O)c3ccccc3c2=O)c1. The monoisotopic (exact) mass is 308 g/mol. The number of benzene rings is 2. The lowest BCUT2D eigenvalue weighted by Crippen LogP contribution is -2.26. The van der Waals surface area contributed by atoms with Gasteiger partial charge in [0.25, 0.3) is 5.56 Å². The van der Waals surface area contributed by atoms with Gasteiger partial charge >= 0.3 is 5.97 Å². The fourth-order valence-corrected chi connectivity index (χ4v) is 2.63. The van der Waals surface area contributed by atoms with Crippen molar-refractivity contribution in [2.75, 3.05) is 0 Å². The van der Waals surface area contributed by atoms with Crippen LogP contribution >= 0.6 is 0 Å². The standard InChI is InChI=1S/C18H16N2O3/c1-11-7-8-12(2)13(9-11)10-20-17(21)15-6-4-3-5-14(15)16(19-20)18(22)23/h3-9H,10H2,1-2H3,(H,22,23). The number of hydrogen-bond donors (Lipinski definition) is 1. The molecule has 0 aliphatic heterocycles. The fourth-order valence-electron chi connectivity index (χ4n) is 2.63. The van der Waals surface area contributed by atoms with E-state index in [2.05, 4.69) is 5.10 Å². The van der Waals surface area contributed by atoms with Crippen LogP contribution in [0.4, 0.5) is 0 Å². The van der Waals surface area contributed by atoms with Crippen molar-refractivity contribution in [2.24, 2.45) is 0 Å². The maximum atomic E-state index is 12.6. The van der Waals surface area contributed by atoms with Crippen molar-refractivity contribution in [3.63, 3.8) is 0 Å². The van der Waals surface area contributed by atoms with Gasteiger partial charge in [0.05, 0.1) is 11.9 Å². The summed E-state index contributed by atoms with van der Waals surface area (Å²) in [5.74, 6) is -1.14. The predicted octanol–water partition coefficient (Wildman–Crippen LogP) is 2.76. The fraction of sp³-hybridized carbons (Fsp3) is 0.167. The Bertz CT molecular complexity index is 974. The number of aryl methyl sites for hydroxylation is 2. The second kappa shape index (κ2) is 5.68. The van der Waals surface area contributed by atoms with Crippen molar-refractivity contribution < 1.29 is 9.90 Å². The van der Waals surface area contributed by atoms with Gasteiger partial charge in [-0.05, 0) is 31.0 Å². The van der Waals surface area contributed by atoms with Gasteiger partial charge in [-0.15, -0.1) is 0 Å². The molecule has 0 saturated heterocycles. The highest BCUT2D eigenvalue weighted by atomic mass is 16.4. The molecule has 3 rings (SSSR count). The molecule has 5 heteroatoms. The topological polar surface area (TPSA) is 72.2 Å². The summed E-state index contributed by atoms with van der Waals surface area (Å²) in [7, 11) is 0. The third-order valence-electron chi connectivity index (χ3n) is 3.90. The van der Waals surface area contributed by atoms with Gasteiger partial charge in [0.1, 0.15) is 0 Å². The first-order valence-corrected chi connectivity index (χ1v) is 7.26. The zero-order valence-corrected chi connectivity index (χ0v) is 12.9. The van der Waals surface area contributed by atoms with Crippen LogP contribution in [0, 0.1) is 13.8 Å². The van der Waals surface area contributed by atoms with E-state index in [0.29, 0.717) is 10.8 Å². The van der Waals surface area contributed by atoms with Crippen LogP contribution in [0.1, 0.15) is 27.2 Å². The minimum atomic E-state index is -1.14. The average molecular weight is 308 g/mol. The van der Waals surface area contributed by atoms with Crippen LogP contribution < -0.4 is 5.56 Å². The number of aromatic nitrogens is 2. The van der Waals surface area contributed by atoms with E-state index in [1.807, 2.05) is 32.0 Å². The summed E-state index contributed by atoms with van der Waals surface area (Å²) >= 11 is 0. The van der Waals surface area contributed by atoms with Crippen LogP contribution in [0.25, 0.3) is 10.8 Å². The molecular weight excluding hydrogens is 292 g/mol. The molecule has 23 heavy (non-hydrogen) atoms. The van der Waals surface area contributed by atoms with Crippen molar-refractivity contribution in [1.82, 2.24) is 9.78 Å². The molecule has 0 saturated carbocycles. The maximum absolute atomic E-state index is 12.6. The minimum absolute atomic E-state index is 0.106. The highest BCUT2D eigenvalue weighted by Gasteiger charge is 2.16. The molecule has 0 unspecified atom stereocenters. The number of rotatable bonds is 3. The van der Waals surface area contributed by atoms with Crippen molar-refractivity contribution in [2.45, 2.75) is 20.4 Å². The summed E-state index contributed by atoms with van der Waals surface area (Å²) < 4.78 is 1.23. The third-order valence-corrected chi connectivity index (χ3v) is 3.90. The third kappa shape index (κ3) is 2.73. The van der Waals surface area contributed by atoms with E-state index >= 15 is 0 Å². The number of hydrogen-bond acceptors (Lipinski definition) is 3. The highest BCUT2D eigenvalue weighted by Crippen LogP contribution is 2.15. The van der Waals surface area contributed by atoms with Crippen molar-refractivity contribution in [1.29, 1.82) is 0 Å². The number of carboxylic acids is 1. The first kappa shape index (κ1) is 15.0. The molecule has 0 amide bonds. The smallest absolute Gasteiger partial charge is 0.357 e. The minimum Gasteiger partial charge on any atom is -0.476 e. The zero-order valence-electron chi connectivity index (χ0n) is 12.9. The van der Waals surface area contributed by atoms with E-state index in [9.17, 15) is 14.7 Å². The molecule has 1 heterocycles. The molecule has 5 nitrogen and oxygen atoms in total. The van der Waals surface area contributed by atoms with Crippen LogP contribution in [0.2, 0.25) is 0 Å². The summed E-state index contributed by atoms with van der Waals surface area (Å²) in [6.45, 7) is 4.18. The van der Waals surface area contributed by atoms with Gasteiger partial charge in [0, 0.05) is 5.39 Å². The summed E-state index contributed by atoms with van der Waals surface area (Å²) in [5.41, 5.74) is 2.68. The molecule has 2 aromatic carbocycles. The Morgan fingerprint density at radius 3 is 2.52 bits per heavy atom. The Morgan fingerprint density at radius 1 is 1.13 bits per heavy atom. The van der Waals surface area contributed by atoms with E-state index in [0.717, 1.165) is 16.7 Å². The Balaban J connectivity index is 2.22. The first-order chi connectivity index (χ1) is 11.0. The second-order valence-corrected chi connectivity index (χ2v) is 5.59. The Kier molecular flexibility index (Phi) is 3.70. The number of aromatic carboxylic acids is 1. The predicted molar refractivity (Wildman–Crippen MR) is 88.0 cm³/mol. The Hall–Kier alpha value is -2.95. The normalized spacial score (nSPS) is 10.9. The molecule has 3 aromatic rings. The van der Waals surface area contributed by atoms with Crippen molar-refractivity contribution in [3.05, 3.63) is 75.2 Å². The first-order valence-electron chi connectivity index (χ1n) is 7.26. The lowest BCUT2D eigenvalue weighted by Gasteiger charge is -2.11. The van der Waals surface area contributed by atoms with Crippen molar-refractivity contribution >= 4 is 16.7 Å². The molecule has 1 aromatic heterocycles. The van der Waals surface area contributed by atoms with Crippen LogP contribution in [-0.2, 0) is 6.54 Å². The van der Waals surface area contributed by atoms with Gasteiger partial charge in [0.2, 0.25) is 0 Å². The van der Waals surface area contributed by atoms with Crippen molar-refractivity contribution in [3.8, 4) is 0 Å². The molecule has 0 radical (unpaired) electrons. The van der Waals surface area contributed by atoms with E-state index in [1.165, 1.54) is 4.68 Å². The lowest BCUT2D eigenvalue weighted by molar-refractivity contribution is 0.0690. The van der Waals surface area contributed by atoms with E-state index < -0.39 is 5.97 Å². The molecule has 116 valence electrons. The van der Waals surface area contributed by atoms with Crippen LogP contribution in [0.5, 0.6) is 0 Å². The second-order valence-electron chi connectivity index (χ2n) is 5.59.